The van der Waals surface area contributed by atoms with Crippen LogP contribution in [-0.2, 0) is 0 Å². The minimum Gasteiger partial charge on any atom is -0.0654 e. The fourth-order valence-electron chi connectivity index (χ4n) is 7.23. The highest BCUT2D eigenvalue weighted by Gasteiger charge is 2.34. The molecule has 158 valence electrons. The first-order valence-electron chi connectivity index (χ1n) is 13.3. The maximum absolute atomic E-state index is 2.35. The van der Waals surface area contributed by atoms with E-state index >= 15 is 0 Å². The van der Waals surface area contributed by atoms with Gasteiger partial charge in [0, 0.05) is 0 Å². The number of hydrogen-bond acceptors (Lipinski definition) is 0. The van der Waals surface area contributed by atoms with Gasteiger partial charge in [-0.25, -0.2) is 0 Å². The maximum Gasteiger partial charge on any atom is -0.0383 e. The molecule has 0 bridgehead atoms. The maximum atomic E-state index is 2.35. The zero-order chi connectivity index (χ0) is 18.9. The van der Waals surface area contributed by atoms with Crippen LogP contribution in [0.5, 0.6) is 0 Å². The van der Waals surface area contributed by atoms with Crippen LogP contribution in [0.3, 0.4) is 0 Å². The Bertz CT molecular complexity index is 369. The van der Waals surface area contributed by atoms with Gasteiger partial charge in [-0.2, -0.15) is 0 Å². The van der Waals surface area contributed by atoms with Gasteiger partial charge in [-0.15, -0.1) is 0 Å². The van der Waals surface area contributed by atoms with Gasteiger partial charge in [0.1, 0.15) is 0 Å². The third-order valence-electron chi connectivity index (χ3n) is 9.05. The van der Waals surface area contributed by atoms with Crippen molar-refractivity contribution in [2.45, 2.75) is 136 Å². The van der Waals surface area contributed by atoms with Gasteiger partial charge in [-0.05, 0) is 80.5 Å². The van der Waals surface area contributed by atoms with Gasteiger partial charge in [0.05, 0.1) is 0 Å². The van der Waals surface area contributed by atoms with E-state index in [0.717, 1.165) is 35.5 Å². The first-order valence-corrected chi connectivity index (χ1v) is 13.3. The molecule has 0 unspecified atom stereocenters. The van der Waals surface area contributed by atoms with Gasteiger partial charge in [0.25, 0.3) is 0 Å². The van der Waals surface area contributed by atoms with Gasteiger partial charge in [0.15, 0.2) is 0 Å². The Kier molecular flexibility index (Phi) is 9.54. The summed E-state index contributed by atoms with van der Waals surface area (Å²) in [5.74, 6) is 6.61. The SMILES string of the molecule is CCCCC[C@H]1CCC[C@@H](C2CCC(C3CCC(CCCC)CC3)CC2)C1. The summed E-state index contributed by atoms with van der Waals surface area (Å²) >= 11 is 0. The quantitative estimate of drug-likeness (QED) is 0.353. The first kappa shape index (κ1) is 21.7. The summed E-state index contributed by atoms with van der Waals surface area (Å²) < 4.78 is 0. The van der Waals surface area contributed by atoms with Gasteiger partial charge in [-0.3, -0.25) is 0 Å². The van der Waals surface area contributed by atoms with Crippen LogP contribution >= 0.6 is 0 Å². The Morgan fingerprint density at radius 2 is 1.04 bits per heavy atom. The summed E-state index contributed by atoms with van der Waals surface area (Å²) in [6.07, 6.45) is 29.2. The lowest BCUT2D eigenvalue weighted by Gasteiger charge is -2.41. The van der Waals surface area contributed by atoms with E-state index in [1.54, 1.807) is 83.5 Å². The van der Waals surface area contributed by atoms with Crippen molar-refractivity contribution < 1.29 is 0 Å². The smallest absolute Gasteiger partial charge is 0.0383 e. The van der Waals surface area contributed by atoms with E-state index in [1.165, 1.54) is 38.5 Å². The Labute approximate surface area is 171 Å². The largest absolute Gasteiger partial charge is 0.0654 e. The zero-order valence-corrected chi connectivity index (χ0v) is 18.9. The summed E-state index contributed by atoms with van der Waals surface area (Å²) in [5, 5.41) is 0. The second-order valence-electron chi connectivity index (χ2n) is 10.9. The van der Waals surface area contributed by atoms with Crippen LogP contribution in [0.15, 0.2) is 0 Å². The lowest BCUT2D eigenvalue weighted by atomic mass is 9.64. The van der Waals surface area contributed by atoms with Crippen LogP contribution in [0.4, 0.5) is 0 Å². The van der Waals surface area contributed by atoms with E-state index < -0.39 is 0 Å². The summed E-state index contributed by atoms with van der Waals surface area (Å²) in [6.45, 7) is 4.70. The lowest BCUT2D eigenvalue weighted by molar-refractivity contribution is 0.0981. The van der Waals surface area contributed by atoms with E-state index in [1.807, 2.05) is 0 Å². The molecule has 3 aliphatic rings. The van der Waals surface area contributed by atoms with Crippen molar-refractivity contribution in [3.63, 3.8) is 0 Å². The zero-order valence-electron chi connectivity index (χ0n) is 18.9. The third kappa shape index (κ3) is 6.78. The molecule has 0 heteroatoms. The van der Waals surface area contributed by atoms with E-state index in [9.17, 15) is 0 Å². The fourth-order valence-corrected chi connectivity index (χ4v) is 7.23. The number of rotatable bonds is 9. The van der Waals surface area contributed by atoms with E-state index in [2.05, 4.69) is 13.8 Å². The molecule has 0 heterocycles. The standard InChI is InChI=1S/C27H50/c1-3-5-7-10-23-11-8-12-27(21-23)26-19-17-25(18-20-26)24-15-13-22(14-16-24)9-6-4-2/h22-27H,3-21H2,1-2H3/t22?,23-,24?,25?,26?,27+/m0/s1. The van der Waals surface area contributed by atoms with Crippen LogP contribution in [0.25, 0.3) is 0 Å². The van der Waals surface area contributed by atoms with Crippen molar-refractivity contribution in [3.05, 3.63) is 0 Å². The van der Waals surface area contributed by atoms with E-state index in [0.29, 0.717) is 0 Å². The average Bonchev–Trinajstić information content (AvgIpc) is 2.73. The van der Waals surface area contributed by atoms with Crippen molar-refractivity contribution in [1.82, 2.24) is 0 Å². The molecule has 3 fully saturated rings. The Hall–Kier alpha value is 0. The Balaban J connectivity index is 1.35. The van der Waals surface area contributed by atoms with Crippen molar-refractivity contribution in [2.24, 2.45) is 35.5 Å². The molecule has 27 heavy (non-hydrogen) atoms. The molecule has 0 saturated heterocycles. The van der Waals surface area contributed by atoms with Crippen LogP contribution in [0.1, 0.15) is 136 Å². The van der Waals surface area contributed by atoms with Crippen LogP contribution in [-0.4, -0.2) is 0 Å². The number of unbranched alkanes of at least 4 members (excludes halogenated alkanes) is 3. The molecule has 3 aliphatic carbocycles. The van der Waals surface area contributed by atoms with Gasteiger partial charge in [0.2, 0.25) is 0 Å². The van der Waals surface area contributed by atoms with Crippen molar-refractivity contribution in [2.75, 3.05) is 0 Å². The molecule has 3 saturated carbocycles. The van der Waals surface area contributed by atoms with Crippen LogP contribution in [0, 0.1) is 35.5 Å². The van der Waals surface area contributed by atoms with Gasteiger partial charge < -0.3 is 0 Å². The molecule has 0 amide bonds. The minimum atomic E-state index is 1.09. The van der Waals surface area contributed by atoms with Crippen LogP contribution < -0.4 is 0 Å². The molecule has 3 rings (SSSR count). The predicted molar refractivity (Wildman–Crippen MR) is 120 cm³/mol. The monoisotopic (exact) mass is 374 g/mol. The molecule has 0 nitrogen and oxygen atoms in total. The molecule has 0 aromatic carbocycles. The lowest BCUT2D eigenvalue weighted by Crippen LogP contribution is -2.30. The molecule has 2 atom stereocenters. The molecule has 0 spiro atoms. The number of hydrogen-bond donors (Lipinski definition) is 0. The van der Waals surface area contributed by atoms with Crippen molar-refractivity contribution >= 4 is 0 Å². The van der Waals surface area contributed by atoms with Gasteiger partial charge in [-0.1, -0.05) is 90.9 Å². The molecule has 0 aromatic heterocycles. The van der Waals surface area contributed by atoms with Crippen molar-refractivity contribution in [3.8, 4) is 0 Å². The second-order valence-corrected chi connectivity index (χ2v) is 10.9. The fraction of sp³-hybridized carbons (Fsp3) is 1.00. The molecule has 0 radical (unpaired) electrons. The molecule has 0 aromatic rings. The Morgan fingerprint density at radius 3 is 1.67 bits per heavy atom. The highest BCUT2D eigenvalue weighted by Crippen LogP contribution is 2.46. The third-order valence-corrected chi connectivity index (χ3v) is 9.05. The van der Waals surface area contributed by atoms with E-state index in [4.69, 9.17) is 0 Å². The Morgan fingerprint density at radius 1 is 0.481 bits per heavy atom. The predicted octanol–water partition coefficient (Wildman–Crippen LogP) is 9.18. The van der Waals surface area contributed by atoms with Gasteiger partial charge >= 0.3 is 0 Å². The summed E-state index contributed by atoms with van der Waals surface area (Å²) in [6, 6.07) is 0. The highest BCUT2D eigenvalue weighted by atomic mass is 14.4. The first-order chi connectivity index (χ1) is 13.3. The second kappa shape index (κ2) is 11.9. The normalized spacial score (nSPS) is 38.0. The minimum absolute atomic E-state index is 1.09. The topological polar surface area (TPSA) is 0 Å². The summed E-state index contributed by atoms with van der Waals surface area (Å²) in [4.78, 5) is 0. The average molecular weight is 375 g/mol. The molecular weight excluding hydrogens is 324 g/mol. The molecule has 0 N–H and O–H groups in total. The highest BCUT2D eigenvalue weighted by molar-refractivity contribution is 4.86. The molecular formula is C27H50. The van der Waals surface area contributed by atoms with Crippen LogP contribution in [0.2, 0.25) is 0 Å². The summed E-state index contributed by atoms with van der Waals surface area (Å²) in [5.41, 5.74) is 0. The summed E-state index contributed by atoms with van der Waals surface area (Å²) in [7, 11) is 0. The van der Waals surface area contributed by atoms with Crippen molar-refractivity contribution in [1.29, 1.82) is 0 Å². The van der Waals surface area contributed by atoms with E-state index in [-0.39, 0.29) is 0 Å². The molecule has 0 aliphatic heterocycles.